The fraction of sp³-hybridized carbons (Fsp3) is 0.857. The molecule has 0 aliphatic heterocycles. The van der Waals surface area contributed by atoms with Crippen LogP contribution in [0.25, 0.3) is 0 Å². The minimum Gasteiger partial charge on any atom is -0.479 e. The van der Waals surface area contributed by atoms with Gasteiger partial charge in [-0.15, -0.1) is 0 Å². The number of hydrogen-bond donors (Lipinski definition) is 4. The zero-order chi connectivity index (χ0) is 11.8. The van der Waals surface area contributed by atoms with Gasteiger partial charge in [-0.2, -0.15) is 0 Å². The lowest BCUT2D eigenvalue weighted by molar-refractivity contribution is -0.135. The van der Waals surface area contributed by atoms with Crippen LogP contribution in [0.15, 0.2) is 0 Å². The summed E-state index contributed by atoms with van der Waals surface area (Å²) in [6.45, 7) is 1.52. The Bertz CT molecular complexity index is 154. The molecule has 0 amide bonds. The van der Waals surface area contributed by atoms with Crippen molar-refractivity contribution in [3.63, 3.8) is 0 Å². The van der Waals surface area contributed by atoms with Crippen molar-refractivity contribution < 1.29 is 20.1 Å². The molecule has 0 aliphatic rings. The number of carbonyl (C=O) groups is 1. The first-order valence-electron chi connectivity index (χ1n) is 3.84. The molecule has 0 aliphatic carbocycles. The zero-order valence-corrected chi connectivity index (χ0v) is 9.29. The Kier molecular flexibility index (Phi) is 9.65. The topological polar surface area (TPSA) is 104 Å². The molecule has 0 unspecified atom stereocenters. The van der Waals surface area contributed by atoms with E-state index in [2.05, 4.69) is 0 Å². The van der Waals surface area contributed by atoms with E-state index in [1.54, 1.807) is 0 Å². The number of aliphatic hydroxyl groups excluding tert-OH is 2. The van der Waals surface area contributed by atoms with Crippen LogP contribution in [0.3, 0.4) is 0 Å². The Labute approximate surface area is 92.4 Å². The molecule has 7 heteroatoms. The average Bonchev–Trinajstić information content (AvgIpc) is 2.17. The van der Waals surface area contributed by atoms with E-state index in [1.165, 1.54) is 0 Å². The summed E-state index contributed by atoms with van der Waals surface area (Å²) in [7, 11) is 0. The smallest absolute Gasteiger partial charge is 0.337 e. The maximum atomic E-state index is 9.44. The first kappa shape index (κ1) is 16.4. The van der Waals surface area contributed by atoms with E-state index in [1.807, 2.05) is 6.92 Å². The van der Waals surface area contributed by atoms with Gasteiger partial charge in [0.25, 0.3) is 0 Å². The highest BCUT2D eigenvalue weighted by Crippen LogP contribution is 2.01. The van der Waals surface area contributed by atoms with Gasteiger partial charge in [0, 0.05) is 0 Å². The summed E-state index contributed by atoms with van der Waals surface area (Å²) in [6.07, 6.45) is 0.597. The lowest BCUT2D eigenvalue weighted by Crippen LogP contribution is -2.46. The third kappa shape index (κ3) is 8.52. The fourth-order valence-corrected chi connectivity index (χ4v) is 0.274. The van der Waals surface area contributed by atoms with E-state index in [4.69, 9.17) is 44.3 Å². The molecule has 0 aromatic rings. The first-order chi connectivity index (χ1) is 6.32. The minimum atomic E-state index is -1.29. The summed E-state index contributed by atoms with van der Waals surface area (Å²) in [5.74, 6) is -1.21. The van der Waals surface area contributed by atoms with Crippen molar-refractivity contribution in [1.82, 2.24) is 0 Å². The SMILES string of the molecule is CCC(N)(CO)CO.O=C(O)C(Cl)Cl. The molecule has 14 heavy (non-hydrogen) atoms. The highest BCUT2D eigenvalue weighted by atomic mass is 35.5. The van der Waals surface area contributed by atoms with Crippen LogP contribution < -0.4 is 5.73 Å². The van der Waals surface area contributed by atoms with Gasteiger partial charge in [-0.25, -0.2) is 4.79 Å². The standard InChI is InChI=1S/C5H13NO2.C2H2Cl2O2/c1-2-5(6,3-7)4-8;3-1(4)2(5)6/h7-8H,2-4,6H2,1H3;1H,(H,5,6). The molecule has 0 aromatic heterocycles. The molecule has 0 radical (unpaired) electrons. The molecule has 5 nitrogen and oxygen atoms in total. The molecular weight excluding hydrogens is 233 g/mol. The Morgan fingerprint density at radius 1 is 1.43 bits per heavy atom. The van der Waals surface area contributed by atoms with Crippen molar-refractivity contribution in [3.8, 4) is 0 Å². The van der Waals surface area contributed by atoms with Crippen LogP contribution in [0.2, 0.25) is 0 Å². The van der Waals surface area contributed by atoms with E-state index in [-0.39, 0.29) is 13.2 Å². The van der Waals surface area contributed by atoms with Gasteiger partial charge in [-0.3, -0.25) is 0 Å². The molecule has 0 heterocycles. The normalized spacial score (nSPS) is 10.8. The van der Waals surface area contributed by atoms with Gasteiger partial charge >= 0.3 is 5.97 Å². The van der Waals surface area contributed by atoms with Crippen molar-refractivity contribution in [2.45, 2.75) is 23.7 Å². The van der Waals surface area contributed by atoms with E-state index in [0.29, 0.717) is 6.42 Å². The quantitative estimate of drug-likeness (QED) is 0.522. The van der Waals surface area contributed by atoms with Gasteiger partial charge < -0.3 is 21.1 Å². The summed E-state index contributed by atoms with van der Waals surface area (Å²) in [4.78, 5) is 8.15. The maximum absolute atomic E-state index is 9.44. The predicted molar refractivity (Wildman–Crippen MR) is 54.5 cm³/mol. The van der Waals surface area contributed by atoms with Crippen molar-refractivity contribution >= 4 is 29.2 Å². The summed E-state index contributed by atoms with van der Waals surface area (Å²) in [5, 5.41) is 24.7. The van der Waals surface area contributed by atoms with Gasteiger partial charge in [0.15, 0.2) is 0 Å². The average molecular weight is 248 g/mol. The lowest BCUT2D eigenvalue weighted by atomic mass is 10.0. The van der Waals surface area contributed by atoms with Crippen LogP contribution in [-0.4, -0.2) is 44.9 Å². The van der Waals surface area contributed by atoms with Gasteiger partial charge in [-0.05, 0) is 6.42 Å². The molecule has 0 spiro atoms. The highest BCUT2D eigenvalue weighted by Gasteiger charge is 2.19. The van der Waals surface area contributed by atoms with E-state index < -0.39 is 16.3 Å². The first-order valence-corrected chi connectivity index (χ1v) is 4.71. The Morgan fingerprint density at radius 2 is 1.71 bits per heavy atom. The number of carboxylic acids is 1. The van der Waals surface area contributed by atoms with Crippen molar-refractivity contribution in [2.75, 3.05) is 13.2 Å². The van der Waals surface area contributed by atoms with E-state index >= 15 is 0 Å². The number of rotatable bonds is 4. The van der Waals surface area contributed by atoms with Crippen LogP contribution in [-0.2, 0) is 4.79 Å². The molecule has 0 bridgehead atoms. The Hall–Kier alpha value is -0.0700. The van der Waals surface area contributed by atoms with E-state index in [0.717, 1.165) is 0 Å². The maximum Gasteiger partial charge on any atom is 0.337 e. The Balaban J connectivity index is 0. The summed E-state index contributed by atoms with van der Waals surface area (Å²) >= 11 is 9.56. The highest BCUT2D eigenvalue weighted by molar-refractivity contribution is 6.52. The van der Waals surface area contributed by atoms with Crippen molar-refractivity contribution in [2.24, 2.45) is 5.73 Å². The lowest BCUT2D eigenvalue weighted by Gasteiger charge is -2.21. The van der Waals surface area contributed by atoms with Crippen molar-refractivity contribution in [3.05, 3.63) is 0 Å². The predicted octanol–water partition coefficient (Wildman–Crippen LogP) is -0.0468. The van der Waals surface area contributed by atoms with Gasteiger partial charge in [0.2, 0.25) is 4.84 Å². The monoisotopic (exact) mass is 247 g/mol. The fourth-order valence-electron chi connectivity index (χ4n) is 0.274. The second-order valence-corrected chi connectivity index (χ2v) is 3.77. The number of hydrogen-bond acceptors (Lipinski definition) is 4. The molecule has 0 atom stereocenters. The molecule has 0 fully saturated rings. The number of nitrogens with two attached hydrogens (primary N) is 1. The third-order valence-electron chi connectivity index (χ3n) is 1.52. The van der Waals surface area contributed by atoms with Crippen LogP contribution in [0.5, 0.6) is 0 Å². The molecule has 5 N–H and O–H groups in total. The van der Waals surface area contributed by atoms with Crippen LogP contribution >= 0.6 is 23.2 Å². The zero-order valence-electron chi connectivity index (χ0n) is 7.78. The van der Waals surface area contributed by atoms with Crippen LogP contribution in [0, 0.1) is 0 Å². The van der Waals surface area contributed by atoms with Crippen LogP contribution in [0.4, 0.5) is 0 Å². The van der Waals surface area contributed by atoms with Gasteiger partial charge in [0.1, 0.15) is 0 Å². The number of aliphatic carboxylic acids is 1. The molecular formula is C7H15Cl2NO4. The van der Waals surface area contributed by atoms with Crippen LogP contribution in [0.1, 0.15) is 13.3 Å². The third-order valence-corrected chi connectivity index (χ3v) is 1.89. The second kappa shape index (κ2) is 8.26. The number of alkyl halides is 2. The largest absolute Gasteiger partial charge is 0.479 e. The number of aliphatic hydroxyl groups is 2. The molecule has 86 valence electrons. The summed E-state index contributed by atoms with van der Waals surface area (Å²) in [6, 6.07) is 0. The number of halogens is 2. The minimum absolute atomic E-state index is 0.153. The van der Waals surface area contributed by atoms with Gasteiger partial charge in [0.05, 0.1) is 18.8 Å². The molecule has 0 saturated heterocycles. The summed E-state index contributed by atoms with van der Waals surface area (Å²) in [5.41, 5.74) is 4.63. The Morgan fingerprint density at radius 3 is 1.71 bits per heavy atom. The number of carboxylic acid groups (broad SMARTS) is 1. The second-order valence-electron chi connectivity index (χ2n) is 2.67. The molecule has 0 saturated carbocycles. The van der Waals surface area contributed by atoms with Crippen molar-refractivity contribution in [1.29, 1.82) is 0 Å². The summed E-state index contributed by atoms with van der Waals surface area (Å²) < 4.78 is 0. The van der Waals surface area contributed by atoms with E-state index in [9.17, 15) is 4.79 Å². The molecule has 0 aromatic carbocycles. The van der Waals surface area contributed by atoms with Gasteiger partial charge in [-0.1, -0.05) is 30.1 Å². The molecule has 0 rings (SSSR count).